The third-order valence-electron chi connectivity index (χ3n) is 2.91. The SMILES string of the molecule is Cc1ccc(C2CCSCC2N)cc1. The summed E-state index contributed by atoms with van der Waals surface area (Å²) in [4.78, 5) is 0. The molecular formula is C12H17NS. The molecule has 0 saturated carbocycles. The monoisotopic (exact) mass is 207 g/mol. The van der Waals surface area contributed by atoms with Crippen molar-refractivity contribution in [3.05, 3.63) is 35.4 Å². The molecule has 1 saturated heterocycles. The molecule has 0 amide bonds. The minimum Gasteiger partial charge on any atom is -0.326 e. The molecule has 1 aromatic rings. The molecule has 76 valence electrons. The van der Waals surface area contributed by atoms with Crippen molar-refractivity contribution in [3.63, 3.8) is 0 Å². The lowest BCUT2D eigenvalue weighted by molar-refractivity contribution is 0.549. The normalized spacial score (nSPS) is 27.6. The van der Waals surface area contributed by atoms with E-state index in [0.717, 1.165) is 5.75 Å². The Hall–Kier alpha value is -0.470. The molecule has 0 radical (unpaired) electrons. The topological polar surface area (TPSA) is 26.0 Å². The van der Waals surface area contributed by atoms with Gasteiger partial charge in [0.25, 0.3) is 0 Å². The van der Waals surface area contributed by atoms with Crippen molar-refractivity contribution in [2.24, 2.45) is 5.73 Å². The van der Waals surface area contributed by atoms with Crippen LogP contribution in [-0.4, -0.2) is 17.5 Å². The standard InChI is InChI=1S/C12H17NS/c1-9-2-4-10(5-3-9)11-6-7-14-8-12(11)13/h2-5,11-12H,6-8,13H2,1H3. The van der Waals surface area contributed by atoms with Crippen LogP contribution in [0.4, 0.5) is 0 Å². The van der Waals surface area contributed by atoms with Gasteiger partial charge in [-0.2, -0.15) is 11.8 Å². The molecule has 1 aliphatic rings. The van der Waals surface area contributed by atoms with Crippen molar-refractivity contribution in [2.45, 2.75) is 25.3 Å². The van der Waals surface area contributed by atoms with Gasteiger partial charge in [-0.1, -0.05) is 29.8 Å². The first kappa shape index (κ1) is 10.1. The average molecular weight is 207 g/mol. The summed E-state index contributed by atoms with van der Waals surface area (Å²) in [6, 6.07) is 9.18. The van der Waals surface area contributed by atoms with E-state index in [0.29, 0.717) is 12.0 Å². The van der Waals surface area contributed by atoms with Gasteiger partial charge in [-0.25, -0.2) is 0 Å². The van der Waals surface area contributed by atoms with Gasteiger partial charge in [0.1, 0.15) is 0 Å². The quantitative estimate of drug-likeness (QED) is 0.766. The smallest absolute Gasteiger partial charge is 0.0200 e. The Kier molecular flexibility index (Phi) is 3.14. The molecule has 2 rings (SSSR count). The molecule has 1 heterocycles. The molecule has 0 aromatic heterocycles. The first-order valence-corrected chi connectivity index (χ1v) is 6.33. The van der Waals surface area contributed by atoms with Gasteiger partial charge in [0.2, 0.25) is 0 Å². The largest absolute Gasteiger partial charge is 0.326 e. The maximum atomic E-state index is 6.13. The number of hydrogen-bond donors (Lipinski definition) is 1. The molecule has 0 bridgehead atoms. The lowest BCUT2D eigenvalue weighted by Crippen LogP contribution is -2.34. The highest BCUT2D eigenvalue weighted by molar-refractivity contribution is 7.99. The highest BCUT2D eigenvalue weighted by Crippen LogP contribution is 2.30. The molecule has 1 nitrogen and oxygen atoms in total. The number of rotatable bonds is 1. The van der Waals surface area contributed by atoms with Crippen LogP contribution in [0.15, 0.2) is 24.3 Å². The number of thioether (sulfide) groups is 1. The molecule has 2 unspecified atom stereocenters. The minimum atomic E-state index is 0.344. The fraction of sp³-hybridized carbons (Fsp3) is 0.500. The molecule has 1 aromatic carbocycles. The van der Waals surface area contributed by atoms with Crippen molar-refractivity contribution in [2.75, 3.05) is 11.5 Å². The molecule has 2 atom stereocenters. The van der Waals surface area contributed by atoms with Crippen molar-refractivity contribution in [3.8, 4) is 0 Å². The zero-order valence-corrected chi connectivity index (χ0v) is 9.39. The van der Waals surface area contributed by atoms with Crippen molar-refractivity contribution in [1.29, 1.82) is 0 Å². The van der Waals surface area contributed by atoms with Crippen LogP contribution >= 0.6 is 11.8 Å². The molecule has 0 spiro atoms. The van der Waals surface area contributed by atoms with E-state index in [2.05, 4.69) is 31.2 Å². The minimum absolute atomic E-state index is 0.344. The van der Waals surface area contributed by atoms with Gasteiger partial charge in [-0.05, 0) is 24.7 Å². The first-order valence-electron chi connectivity index (χ1n) is 5.17. The lowest BCUT2D eigenvalue weighted by Gasteiger charge is -2.28. The van der Waals surface area contributed by atoms with E-state index in [1.54, 1.807) is 0 Å². The van der Waals surface area contributed by atoms with Crippen molar-refractivity contribution in [1.82, 2.24) is 0 Å². The van der Waals surface area contributed by atoms with Gasteiger partial charge in [0.15, 0.2) is 0 Å². The highest BCUT2D eigenvalue weighted by atomic mass is 32.2. The van der Waals surface area contributed by atoms with Crippen LogP contribution in [0.5, 0.6) is 0 Å². The second-order valence-corrected chi connectivity index (χ2v) is 5.19. The predicted octanol–water partition coefficient (Wildman–Crippen LogP) is 2.54. The molecule has 1 fully saturated rings. The van der Waals surface area contributed by atoms with Gasteiger partial charge in [-0.15, -0.1) is 0 Å². The molecule has 14 heavy (non-hydrogen) atoms. The Balaban J connectivity index is 2.16. The van der Waals surface area contributed by atoms with Gasteiger partial charge < -0.3 is 5.73 Å². The maximum Gasteiger partial charge on any atom is 0.0200 e. The second-order valence-electron chi connectivity index (χ2n) is 4.04. The van der Waals surface area contributed by atoms with Crippen molar-refractivity contribution < 1.29 is 0 Å². The maximum absolute atomic E-state index is 6.13. The summed E-state index contributed by atoms with van der Waals surface area (Å²) in [5.74, 6) is 2.95. The van der Waals surface area contributed by atoms with Gasteiger partial charge >= 0.3 is 0 Å². The first-order chi connectivity index (χ1) is 6.77. The van der Waals surface area contributed by atoms with E-state index in [-0.39, 0.29) is 0 Å². The summed E-state index contributed by atoms with van der Waals surface area (Å²) in [7, 11) is 0. The number of nitrogens with two attached hydrogens (primary N) is 1. The summed E-state index contributed by atoms with van der Waals surface area (Å²) in [6.07, 6.45) is 1.23. The third kappa shape index (κ3) is 2.12. The number of benzene rings is 1. The Morgan fingerprint density at radius 3 is 2.64 bits per heavy atom. The zero-order chi connectivity index (χ0) is 9.97. The lowest BCUT2D eigenvalue weighted by atomic mass is 9.90. The molecule has 2 heteroatoms. The van der Waals surface area contributed by atoms with Gasteiger partial charge in [-0.3, -0.25) is 0 Å². The van der Waals surface area contributed by atoms with Crippen LogP contribution in [0.25, 0.3) is 0 Å². The summed E-state index contributed by atoms with van der Waals surface area (Å²) in [6.45, 7) is 2.13. The Morgan fingerprint density at radius 2 is 2.00 bits per heavy atom. The Labute approximate surface area is 90.1 Å². The molecule has 2 N–H and O–H groups in total. The van der Waals surface area contributed by atoms with Crippen LogP contribution in [0.3, 0.4) is 0 Å². The van der Waals surface area contributed by atoms with Crippen LogP contribution in [0.2, 0.25) is 0 Å². The number of aryl methyl sites for hydroxylation is 1. The molecule has 0 aliphatic carbocycles. The summed E-state index contributed by atoms with van der Waals surface area (Å²) < 4.78 is 0. The van der Waals surface area contributed by atoms with Crippen LogP contribution in [0.1, 0.15) is 23.5 Å². The summed E-state index contributed by atoms with van der Waals surface area (Å²) >= 11 is 1.98. The zero-order valence-electron chi connectivity index (χ0n) is 8.57. The van der Waals surface area contributed by atoms with Gasteiger partial charge in [0, 0.05) is 17.7 Å². The van der Waals surface area contributed by atoms with E-state index in [1.165, 1.54) is 23.3 Å². The molecule has 1 aliphatic heterocycles. The number of hydrogen-bond acceptors (Lipinski definition) is 2. The molecular weight excluding hydrogens is 190 g/mol. The summed E-state index contributed by atoms with van der Waals surface area (Å²) in [5.41, 5.74) is 8.87. The van der Waals surface area contributed by atoms with Crippen molar-refractivity contribution >= 4 is 11.8 Å². The van der Waals surface area contributed by atoms with E-state index in [9.17, 15) is 0 Å². The van der Waals surface area contributed by atoms with E-state index in [4.69, 9.17) is 5.73 Å². The van der Waals surface area contributed by atoms with Crippen LogP contribution in [-0.2, 0) is 0 Å². The van der Waals surface area contributed by atoms with Crippen LogP contribution < -0.4 is 5.73 Å². The fourth-order valence-electron chi connectivity index (χ4n) is 1.99. The average Bonchev–Trinajstić information content (AvgIpc) is 2.20. The fourth-order valence-corrected chi connectivity index (χ4v) is 3.08. The van der Waals surface area contributed by atoms with E-state index in [1.807, 2.05) is 11.8 Å². The second kappa shape index (κ2) is 4.37. The van der Waals surface area contributed by atoms with Gasteiger partial charge in [0.05, 0.1) is 0 Å². The Morgan fingerprint density at radius 1 is 1.29 bits per heavy atom. The summed E-state index contributed by atoms with van der Waals surface area (Å²) in [5, 5.41) is 0. The third-order valence-corrected chi connectivity index (χ3v) is 4.05. The highest BCUT2D eigenvalue weighted by Gasteiger charge is 2.23. The van der Waals surface area contributed by atoms with E-state index < -0.39 is 0 Å². The predicted molar refractivity (Wildman–Crippen MR) is 63.8 cm³/mol. The Bertz CT molecular complexity index is 294. The van der Waals surface area contributed by atoms with E-state index >= 15 is 0 Å². The van der Waals surface area contributed by atoms with Crippen LogP contribution in [0, 0.1) is 6.92 Å².